The summed E-state index contributed by atoms with van der Waals surface area (Å²) >= 11 is 2.43. The van der Waals surface area contributed by atoms with Crippen molar-refractivity contribution in [3.05, 3.63) is 32.4 Å². The Bertz CT molecular complexity index is 302. The molecule has 0 fully saturated rings. The van der Waals surface area contributed by atoms with Gasteiger partial charge in [0.05, 0.1) is 0 Å². The maximum absolute atomic E-state index is 2.43. The van der Waals surface area contributed by atoms with Gasteiger partial charge in [0, 0.05) is 3.57 Å². The Morgan fingerprint density at radius 1 is 1.17 bits per heavy atom. The van der Waals surface area contributed by atoms with Crippen LogP contribution < -0.4 is 0 Å². The summed E-state index contributed by atoms with van der Waals surface area (Å²) in [6.45, 7) is 2.26. The quantitative estimate of drug-likeness (QED) is 0.634. The molecule has 0 bridgehead atoms. The average molecular weight is 272 g/mol. The van der Waals surface area contributed by atoms with Gasteiger partial charge in [-0.15, -0.1) is 0 Å². The maximum atomic E-state index is 2.43. The fourth-order valence-corrected chi connectivity index (χ4v) is 2.49. The lowest BCUT2D eigenvalue weighted by molar-refractivity contribution is 0.681. The molecule has 2 rings (SSSR count). The van der Waals surface area contributed by atoms with Gasteiger partial charge in [-0.1, -0.05) is 6.07 Å². The van der Waals surface area contributed by atoms with Crippen LogP contribution in [0.15, 0.2) is 12.1 Å². The first-order valence-electron chi connectivity index (χ1n) is 4.56. The van der Waals surface area contributed by atoms with Crippen LogP contribution in [0.2, 0.25) is 0 Å². The van der Waals surface area contributed by atoms with Crippen molar-refractivity contribution >= 4 is 22.6 Å². The molecule has 0 spiro atoms. The minimum atomic E-state index is 1.30. The van der Waals surface area contributed by atoms with Gasteiger partial charge in [-0.05, 0) is 78.0 Å². The van der Waals surface area contributed by atoms with Crippen LogP contribution in [0.4, 0.5) is 0 Å². The number of aryl methyl sites for hydroxylation is 1. The molecule has 1 heteroatoms. The minimum absolute atomic E-state index is 1.30. The van der Waals surface area contributed by atoms with Crippen LogP contribution in [0.5, 0.6) is 0 Å². The zero-order chi connectivity index (χ0) is 8.55. The molecule has 0 aromatic heterocycles. The van der Waals surface area contributed by atoms with Crippen LogP contribution in [0.1, 0.15) is 29.5 Å². The van der Waals surface area contributed by atoms with Crippen LogP contribution in [0.3, 0.4) is 0 Å². The molecule has 0 nitrogen and oxygen atoms in total. The normalized spacial score (nSPS) is 15.8. The molecule has 0 radical (unpaired) electrons. The first-order valence-corrected chi connectivity index (χ1v) is 5.64. The van der Waals surface area contributed by atoms with Crippen LogP contribution in [-0.2, 0) is 12.8 Å². The van der Waals surface area contributed by atoms with E-state index in [9.17, 15) is 0 Å². The monoisotopic (exact) mass is 272 g/mol. The highest BCUT2D eigenvalue weighted by Crippen LogP contribution is 2.26. The van der Waals surface area contributed by atoms with Gasteiger partial charge in [-0.25, -0.2) is 0 Å². The molecule has 12 heavy (non-hydrogen) atoms. The molecular weight excluding hydrogens is 259 g/mol. The second-order valence-corrected chi connectivity index (χ2v) is 4.68. The van der Waals surface area contributed by atoms with E-state index >= 15 is 0 Å². The topological polar surface area (TPSA) is 0 Å². The number of halogens is 1. The fourth-order valence-electron chi connectivity index (χ4n) is 1.98. The third-order valence-corrected chi connectivity index (χ3v) is 3.92. The molecule has 0 amide bonds. The van der Waals surface area contributed by atoms with Gasteiger partial charge in [0.15, 0.2) is 0 Å². The molecular formula is C11H13I. The highest BCUT2D eigenvalue weighted by molar-refractivity contribution is 14.1. The zero-order valence-corrected chi connectivity index (χ0v) is 9.52. The highest BCUT2D eigenvalue weighted by atomic mass is 127. The molecule has 1 aromatic carbocycles. The fraction of sp³-hybridized carbons (Fsp3) is 0.455. The maximum Gasteiger partial charge on any atom is 0.0162 e. The van der Waals surface area contributed by atoms with Crippen molar-refractivity contribution in [2.45, 2.75) is 32.6 Å². The van der Waals surface area contributed by atoms with E-state index < -0.39 is 0 Å². The lowest BCUT2D eigenvalue weighted by atomic mass is 9.89. The largest absolute Gasteiger partial charge is 0.0577 e. The van der Waals surface area contributed by atoms with Gasteiger partial charge in [0.1, 0.15) is 0 Å². The van der Waals surface area contributed by atoms with Crippen molar-refractivity contribution in [3.8, 4) is 0 Å². The molecule has 1 aliphatic rings. The molecule has 0 atom stereocenters. The Kier molecular flexibility index (Phi) is 2.40. The SMILES string of the molecule is Cc1c(I)ccc2c1CCCC2. The summed E-state index contributed by atoms with van der Waals surface area (Å²) in [6.07, 6.45) is 5.37. The molecule has 0 saturated carbocycles. The van der Waals surface area contributed by atoms with Crippen molar-refractivity contribution in [3.63, 3.8) is 0 Å². The van der Waals surface area contributed by atoms with E-state index in [1.807, 2.05) is 0 Å². The third kappa shape index (κ3) is 1.39. The van der Waals surface area contributed by atoms with Gasteiger partial charge in [-0.2, -0.15) is 0 Å². The van der Waals surface area contributed by atoms with Crippen LogP contribution in [-0.4, -0.2) is 0 Å². The smallest absolute Gasteiger partial charge is 0.0162 e. The number of fused-ring (bicyclic) bond motifs is 1. The Morgan fingerprint density at radius 2 is 1.92 bits per heavy atom. The summed E-state index contributed by atoms with van der Waals surface area (Å²) in [7, 11) is 0. The summed E-state index contributed by atoms with van der Waals surface area (Å²) < 4.78 is 1.42. The molecule has 0 N–H and O–H groups in total. The van der Waals surface area contributed by atoms with E-state index in [0.29, 0.717) is 0 Å². The predicted molar refractivity (Wildman–Crippen MR) is 60.5 cm³/mol. The van der Waals surface area contributed by atoms with Gasteiger partial charge in [0.2, 0.25) is 0 Å². The van der Waals surface area contributed by atoms with Crippen LogP contribution in [0.25, 0.3) is 0 Å². The summed E-state index contributed by atoms with van der Waals surface area (Å²) in [5.74, 6) is 0. The molecule has 1 aromatic rings. The lowest BCUT2D eigenvalue weighted by Gasteiger charge is -2.18. The second-order valence-electron chi connectivity index (χ2n) is 3.52. The standard InChI is InChI=1S/C11H13I/c1-8-10-5-3-2-4-9(10)6-7-11(8)12/h6-7H,2-5H2,1H3. The van der Waals surface area contributed by atoms with Gasteiger partial charge in [0.25, 0.3) is 0 Å². The number of benzene rings is 1. The number of hydrogen-bond donors (Lipinski definition) is 0. The summed E-state index contributed by atoms with van der Waals surface area (Å²) in [6, 6.07) is 4.56. The van der Waals surface area contributed by atoms with Crippen molar-refractivity contribution in [2.75, 3.05) is 0 Å². The van der Waals surface area contributed by atoms with E-state index in [-0.39, 0.29) is 0 Å². The lowest BCUT2D eigenvalue weighted by Crippen LogP contribution is -2.05. The minimum Gasteiger partial charge on any atom is -0.0577 e. The van der Waals surface area contributed by atoms with Crippen molar-refractivity contribution in [1.29, 1.82) is 0 Å². The first-order chi connectivity index (χ1) is 5.79. The molecule has 1 aliphatic carbocycles. The highest BCUT2D eigenvalue weighted by Gasteiger charge is 2.12. The summed E-state index contributed by atoms with van der Waals surface area (Å²) in [5, 5.41) is 0. The Morgan fingerprint density at radius 3 is 2.75 bits per heavy atom. The van der Waals surface area contributed by atoms with Gasteiger partial charge < -0.3 is 0 Å². The summed E-state index contributed by atoms with van der Waals surface area (Å²) in [4.78, 5) is 0. The predicted octanol–water partition coefficient (Wildman–Crippen LogP) is 3.48. The molecule has 0 saturated heterocycles. The van der Waals surface area contributed by atoms with Crippen LogP contribution in [0, 0.1) is 10.5 Å². The Labute approximate surface area is 87.5 Å². The van der Waals surface area contributed by atoms with E-state index in [1.54, 1.807) is 11.1 Å². The van der Waals surface area contributed by atoms with E-state index in [1.165, 1.54) is 34.8 Å². The summed E-state index contributed by atoms with van der Waals surface area (Å²) in [5.41, 5.74) is 4.75. The van der Waals surface area contributed by atoms with Crippen molar-refractivity contribution in [1.82, 2.24) is 0 Å². The van der Waals surface area contributed by atoms with Crippen molar-refractivity contribution in [2.24, 2.45) is 0 Å². The number of hydrogen-bond acceptors (Lipinski definition) is 0. The second kappa shape index (κ2) is 3.36. The zero-order valence-electron chi connectivity index (χ0n) is 7.36. The van der Waals surface area contributed by atoms with E-state index in [2.05, 4.69) is 41.6 Å². The van der Waals surface area contributed by atoms with Gasteiger partial charge >= 0.3 is 0 Å². The van der Waals surface area contributed by atoms with Gasteiger partial charge in [-0.3, -0.25) is 0 Å². The number of rotatable bonds is 0. The molecule has 0 aliphatic heterocycles. The molecule has 0 unspecified atom stereocenters. The molecule has 64 valence electrons. The Balaban J connectivity index is 2.54. The van der Waals surface area contributed by atoms with Crippen LogP contribution >= 0.6 is 22.6 Å². The van der Waals surface area contributed by atoms with E-state index in [0.717, 1.165) is 0 Å². The molecule has 0 heterocycles. The van der Waals surface area contributed by atoms with Crippen molar-refractivity contribution < 1.29 is 0 Å². The van der Waals surface area contributed by atoms with E-state index in [4.69, 9.17) is 0 Å². The third-order valence-electron chi connectivity index (χ3n) is 2.75. The Hall–Kier alpha value is -0.0500. The first kappa shape index (κ1) is 8.54. The average Bonchev–Trinajstić information content (AvgIpc) is 2.12.